The lowest BCUT2D eigenvalue weighted by Gasteiger charge is -2.04. The van der Waals surface area contributed by atoms with E-state index in [1.807, 2.05) is 48.5 Å². The molecule has 5 nitrogen and oxygen atoms in total. The molecule has 3 aromatic rings. The molecule has 0 radical (unpaired) electrons. The average Bonchev–Trinajstić information content (AvgIpc) is 2.75. The van der Waals surface area contributed by atoms with E-state index < -0.39 is 5.91 Å². The Balaban J connectivity index is 0.000000415. The molecule has 0 unspecified atom stereocenters. The molecule has 0 spiro atoms. The zero-order valence-electron chi connectivity index (χ0n) is 17.3. The van der Waals surface area contributed by atoms with Gasteiger partial charge in [-0.1, -0.05) is 74.2 Å². The Labute approximate surface area is 178 Å². The van der Waals surface area contributed by atoms with E-state index in [0.29, 0.717) is 17.0 Å². The van der Waals surface area contributed by atoms with Gasteiger partial charge >= 0.3 is 0 Å². The minimum atomic E-state index is -0.496. The molecule has 30 heavy (non-hydrogen) atoms. The van der Waals surface area contributed by atoms with Crippen molar-refractivity contribution in [3.05, 3.63) is 101 Å². The van der Waals surface area contributed by atoms with Crippen LogP contribution in [0.1, 0.15) is 40.9 Å². The van der Waals surface area contributed by atoms with Gasteiger partial charge in [0, 0.05) is 23.5 Å². The number of hydrogen-bond acceptors (Lipinski definition) is 3. The molecule has 2 amide bonds. The maximum Gasteiger partial charge on any atom is 0.250 e. The van der Waals surface area contributed by atoms with Gasteiger partial charge in [-0.05, 0) is 36.1 Å². The third-order valence-electron chi connectivity index (χ3n) is 3.64. The number of primary amides is 2. The number of hydrogen-bond donors (Lipinski definition) is 2. The van der Waals surface area contributed by atoms with Crippen LogP contribution in [0.2, 0.25) is 0 Å². The van der Waals surface area contributed by atoms with E-state index >= 15 is 0 Å². The summed E-state index contributed by atoms with van der Waals surface area (Å²) in [6, 6.07) is 21.9. The number of benzene rings is 2. The minimum Gasteiger partial charge on any atom is -0.372 e. The van der Waals surface area contributed by atoms with Crippen LogP contribution in [0.4, 0.5) is 0 Å². The summed E-state index contributed by atoms with van der Waals surface area (Å²) in [6.45, 7) is 4.40. The molecule has 154 valence electrons. The van der Waals surface area contributed by atoms with Gasteiger partial charge in [-0.25, -0.2) is 0 Å². The fourth-order valence-electron chi connectivity index (χ4n) is 2.37. The molecule has 0 atom stereocenters. The highest BCUT2D eigenvalue weighted by atomic mass is 16.1. The van der Waals surface area contributed by atoms with E-state index in [0.717, 1.165) is 12.0 Å². The van der Waals surface area contributed by atoms with Crippen molar-refractivity contribution >= 4 is 12.3 Å². The SMILES string of the molecule is CC(C)Cc1ccc(C#Cc2cncc(C(N)=O)c2)cc1.NC=O.c1ccccc1. The Hall–Kier alpha value is -3.91. The molecule has 3 rings (SSSR count). The van der Waals surface area contributed by atoms with Crippen LogP contribution in [-0.2, 0) is 11.2 Å². The third kappa shape index (κ3) is 10.4. The van der Waals surface area contributed by atoms with Gasteiger partial charge in [-0.3, -0.25) is 14.6 Å². The van der Waals surface area contributed by atoms with Crippen molar-refractivity contribution in [2.45, 2.75) is 20.3 Å². The number of rotatable bonds is 3. The zero-order valence-corrected chi connectivity index (χ0v) is 17.3. The molecule has 1 aromatic heterocycles. The van der Waals surface area contributed by atoms with E-state index in [9.17, 15) is 4.79 Å². The first kappa shape index (κ1) is 24.1. The number of nitrogens with zero attached hydrogens (tertiary/aromatic N) is 1. The molecule has 2 aromatic carbocycles. The van der Waals surface area contributed by atoms with Crippen molar-refractivity contribution in [3.63, 3.8) is 0 Å². The first-order valence-electron chi connectivity index (χ1n) is 9.47. The summed E-state index contributed by atoms with van der Waals surface area (Å²) in [5.74, 6) is 6.21. The lowest BCUT2D eigenvalue weighted by atomic mass is 10.0. The summed E-state index contributed by atoms with van der Waals surface area (Å²) in [5, 5.41) is 0. The maximum atomic E-state index is 11.1. The molecule has 1 heterocycles. The highest BCUT2D eigenvalue weighted by Gasteiger charge is 2.00. The normalized spacial score (nSPS) is 9.03. The predicted octanol–water partition coefficient (Wildman–Crippen LogP) is 3.57. The monoisotopic (exact) mass is 401 g/mol. The molecule has 0 fully saturated rings. The van der Waals surface area contributed by atoms with Gasteiger partial charge in [0.05, 0.1) is 5.56 Å². The smallest absolute Gasteiger partial charge is 0.250 e. The van der Waals surface area contributed by atoms with Crippen molar-refractivity contribution in [2.24, 2.45) is 17.4 Å². The van der Waals surface area contributed by atoms with E-state index in [2.05, 4.69) is 48.5 Å². The van der Waals surface area contributed by atoms with Gasteiger partial charge in [0.15, 0.2) is 0 Å². The summed E-state index contributed by atoms with van der Waals surface area (Å²) in [4.78, 5) is 23.6. The fourth-order valence-corrected chi connectivity index (χ4v) is 2.37. The summed E-state index contributed by atoms with van der Waals surface area (Å²) < 4.78 is 0. The molecule has 0 aliphatic heterocycles. The average molecular weight is 402 g/mol. The van der Waals surface area contributed by atoms with Crippen molar-refractivity contribution in [3.8, 4) is 11.8 Å². The van der Waals surface area contributed by atoms with Crippen molar-refractivity contribution in [2.75, 3.05) is 0 Å². The van der Waals surface area contributed by atoms with Crippen molar-refractivity contribution < 1.29 is 9.59 Å². The fraction of sp³-hybridized carbons (Fsp3) is 0.160. The van der Waals surface area contributed by atoms with Crippen LogP contribution < -0.4 is 11.5 Å². The number of carbonyl (C=O) groups is 2. The molecular weight excluding hydrogens is 374 g/mol. The Morgan fingerprint density at radius 3 is 1.93 bits per heavy atom. The largest absolute Gasteiger partial charge is 0.372 e. The second-order valence-corrected chi connectivity index (χ2v) is 6.66. The summed E-state index contributed by atoms with van der Waals surface area (Å²) in [6.07, 6.45) is 4.37. The molecule has 0 saturated carbocycles. The predicted molar refractivity (Wildman–Crippen MR) is 120 cm³/mol. The van der Waals surface area contributed by atoms with Gasteiger partial charge in [-0.15, -0.1) is 0 Å². The van der Waals surface area contributed by atoms with E-state index in [1.165, 1.54) is 11.8 Å². The number of carbonyl (C=O) groups excluding carboxylic acids is 2. The van der Waals surface area contributed by atoms with Crippen LogP contribution in [0, 0.1) is 17.8 Å². The van der Waals surface area contributed by atoms with Crippen LogP contribution in [0.25, 0.3) is 0 Å². The zero-order chi connectivity index (χ0) is 22.2. The van der Waals surface area contributed by atoms with Gasteiger partial charge in [-0.2, -0.15) is 0 Å². The maximum absolute atomic E-state index is 11.1. The standard InChI is InChI=1S/C18H18N2O.C6H6.CH3NO/c1-13(2)9-15-6-3-14(4-7-15)5-8-16-10-17(18(19)21)12-20-11-16;1-2-4-6-5-3-1;2-1-3/h3-4,6-7,10-13H,9H2,1-2H3,(H2,19,21);1-6H;1H,(H2,2,3). The van der Waals surface area contributed by atoms with Crippen LogP contribution in [0.5, 0.6) is 0 Å². The van der Waals surface area contributed by atoms with Gasteiger partial charge in [0.2, 0.25) is 12.3 Å². The molecule has 0 aliphatic carbocycles. The molecular formula is C25H27N3O2. The quantitative estimate of drug-likeness (QED) is 0.518. The van der Waals surface area contributed by atoms with E-state index in [-0.39, 0.29) is 6.41 Å². The first-order chi connectivity index (χ1) is 14.5. The van der Waals surface area contributed by atoms with Crippen molar-refractivity contribution in [1.82, 2.24) is 4.98 Å². The molecule has 5 heteroatoms. The Morgan fingerprint density at radius 2 is 1.47 bits per heavy atom. The Kier molecular flexibility index (Phi) is 11.4. The first-order valence-corrected chi connectivity index (χ1v) is 9.47. The number of amides is 2. The van der Waals surface area contributed by atoms with Crippen molar-refractivity contribution in [1.29, 1.82) is 0 Å². The minimum absolute atomic E-state index is 0.250. The molecule has 0 saturated heterocycles. The van der Waals surface area contributed by atoms with Gasteiger partial charge in [0.25, 0.3) is 0 Å². The number of nitrogens with two attached hydrogens (primary N) is 2. The van der Waals surface area contributed by atoms with Gasteiger partial charge < -0.3 is 11.5 Å². The van der Waals surface area contributed by atoms with Crippen LogP contribution in [0.15, 0.2) is 79.1 Å². The summed E-state index contributed by atoms with van der Waals surface area (Å²) in [5.41, 5.74) is 12.7. The Morgan fingerprint density at radius 1 is 0.967 bits per heavy atom. The number of pyridine rings is 1. The Bertz CT molecular complexity index is 930. The second-order valence-electron chi connectivity index (χ2n) is 6.66. The van der Waals surface area contributed by atoms with Crippen LogP contribution in [-0.4, -0.2) is 17.3 Å². The van der Waals surface area contributed by atoms with Gasteiger partial charge in [0.1, 0.15) is 0 Å². The summed E-state index contributed by atoms with van der Waals surface area (Å²) >= 11 is 0. The molecule has 4 N–H and O–H groups in total. The van der Waals surface area contributed by atoms with Crippen LogP contribution in [0.3, 0.4) is 0 Å². The van der Waals surface area contributed by atoms with Crippen LogP contribution >= 0.6 is 0 Å². The molecule has 0 bridgehead atoms. The van der Waals surface area contributed by atoms with E-state index in [1.54, 1.807) is 12.3 Å². The second kappa shape index (κ2) is 14.1. The highest BCUT2D eigenvalue weighted by Crippen LogP contribution is 2.09. The molecule has 0 aliphatic rings. The third-order valence-corrected chi connectivity index (χ3v) is 3.64. The number of aromatic nitrogens is 1. The lowest BCUT2D eigenvalue weighted by Crippen LogP contribution is -2.11. The van der Waals surface area contributed by atoms with E-state index in [4.69, 9.17) is 10.5 Å². The lowest BCUT2D eigenvalue weighted by molar-refractivity contribution is -0.106. The highest BCUT2D eigenvalue weighted by molar-refractivity contribution is 5.92. The summed E-state index contributed by atoms with van der Waals surface area (Å²) in [7, 11) is 0. The topological polar surface area (TPSA) is 99.1 Å².